The molecule has 0 heterocycles. The summed E-state index contributed by atoms with van der Waals surface area (Å²) in [5.41, 5.74) is 3.43. The Balaban J connectivity index is 1.87. The van der Waals surface area contributed by atoms with E-state index in [0.717, 1.165) is 36.1 Å². The fraction of sp³-hybridized carbons (Fsp3) is 0.278. The Morgan fingerprint density at radius 3 is 2.29 bits per heavy atom. The van der Waals surface area contributed by atoms with E-state index in [2.05, 4.69) is 5.32 Å². The summed E-state index contributed by atoms with van der Waals surface area (Å²) in [6.45, 7) is 0. The van der Waals surface area contributed by atoms with Crippen LogP contribution in [0, 0.1) is 5.92 Å². The number of ketones is 1. The van der Waals surface area contributed by atoms with Gasteiger partial charge in [-0.15, -0.1) is 0 Å². The maximum absolute atomic E-state index is 12.2. The molecule has 0 spiro atoms. The molecule has 21 heavy (non-hydrogen) atoms. The standard InChI is InChI=1S/C18H19NO2/c1-19-15-8-5-12(6-9-15)14-7-10-16(17(20)11-14)18(21)13-3-2-4-13/h5-11,13,19-20H,2-4H2,1H3. The molecule has 0 unspecified atom stereocenters. The van der Waals surface area contributed by atoms with Gasteiger partial charge in [0.05, 0.1) is 5.56 Å². The summed E-state index contributed by atoms with van der Waals surface area (Å²) in [7, 11) is 1.88. The van der Waals surface area contributed by atoms with Crippen LogP contribution in [0.4, 0.5) is 5.69 Å². The number of aromatic hydroxyl groups is 1. The summed E-state index contributed by atoms with van der Waals surface area (Å²) in [4.78, 5) is 12.2. The fourth-order valence-electron chi connectivity index (χ4n) is 2.64. The summed E-state index contributed by atoms with van der Waals surface area (Å²) in [6.07, 6.45) is 3.02. The van der Waals surface area contributed by atoms with E-state index in [4.69, 9.17) is 0 Å². The van der Waals surface area contributed by atoms with Gasteiger partial charge < -0.3 is 10.4 Å². The molecule has 0 aromatic heterocycles. The summed E-state index contributed by atoms with van der Waals surface area (Å²) < 4.78 is 0. The number of nitrogens with one attached hydrogen (secondary N) is 1. The molecule has 0 aliphatic heterocycles. The quantitative estimate of drug-likeness (QED) is 0.830. The van der Waals surface area contributed by atoms with Crippen LogP contribution in [-0.2, 0) is 0 Å². The molecule has 2 aromatic rings. The monoisotopic (exact) mass is 281 g/mol. The number of phenolic OH excluding ortho intramolecular Hbond substituents is 1. The van der Waals surface area contributed by atoms with E-state index in [0.29, 0.717) is 5.56 Å². The molecule has 3 rings (SSSR count). The van der Waals surface area contributed by atoms with E-state index in [1.54, 1.807) is 12.1 Å². The highest BCUT2D eigenvalue weighted by Gasteiger charge is 2.27. The third-order valence-electron chi connectivity index (χ3n) is 4.25. The van der Waals surface area contributed by atoms with Crippen LogP contribution in [0.2, 0.25) is 0 Å². The van der Waals surface area contributed by atoms with Crippen molar-refractivity contribution in [2.24, 2.45) is 5.92 Å². The molecule has 0 atom stereocenters. The number of phenols is 1. The minimum absolute atomic E-state index is 0.0795. The van der Waals surface area contributed by atoms with Crippen molar-refractivity contribution < 1.29 is 9.90 Å². The largest absolute Gasteiger partial charge is 0.507 e. The van der Waals surface area contributed by atoms with Gasteiger partial charge in [0.1, 0.15) is 5.75 Å². The summed E-state index contributed by atoms with van der Waals surface area (Å²) in [5.74, 6) is 0.273. The molecular weight excluding hydrogens is 262 g/mol. The molecule has 0 amide bonds. The van der Waals surface area contributed by atoms with Crippen molar-refractivity contribution in [3.8, 4) is 16.9 Å². The highest BCUT2D eigenvalue weighted by Crippen LogP contribution is 2.34. The van der Waals surface area contributed by atoms with Crippen molar-refractivity contribution in [3.63, 3.8) is 0 Å². The van der Waals surface area contributed by atoms with Gasteiger partial charge in [0, 0.05) is 18.7 Å². The van der Waals surface area contributed by atoms with Gasteiger partial charge >= 0.3 is 0 Å². The smallest absolute Gasteiger partial charge is 0.169 e. The van der Waals surface area contributed by atoms with Gasteiger partial charge in [-0.3, -0.25) is 4.79 Å². The van der Waals surface area contributed by atoms with Crippen molar-refractivity contribution in [2.45, 2.75) is 19.3 Å². The predicted molar refractivity (Wildman–Crippen MR) is 84.8 cm³/mol. The first-order chi connectivity index (χ1) is 10.2. The normalized spacial score (nSPS) is 14.5. The van der Waals surface area contributed by atoms with E-state index < -0.39 is 0 Å². The van der Waals surface area contributed by atoms with Crippen LogP contribution in [0.25, 0.3) is 11.1 Å². The van der Waals surface area contributed by atoms with E-state index >= 15 is 0 Å². The van der Waals surface area contributed by atoms with E-state index in [-0.39, 0.29) is 17.5 Å². The highest BCUT2D eigenvalue weighted by atomic mass is 16.3. The first-order valence-electron chi connectivity index (χ1n) is 7.34. The molecule has 1 aliphatic carbocycles. The maximum Gasteiger partial charge on any atom is 0.169 e. The zero-order chi connectivity index (χ0) is 14.8. The van der Waals surface area contributed by atoms with Crippen molar-refractivity contribution >= 4 is 11.5 Å². The van der Waals surface area contributed by atoms with Crippen LogP contribution in [0.5, 0.6) is 5.75 Å². The lowest BCUT2D eigenvalue weighted by molar-refractivity contribution is 0.0852. The van der Waals surface area contributed by atoms with Crippen LogP contribution in [-0.4, -0.2) is 17.9 Å². The topological polar surface area (TPSA) is 49.3 Å². The average molecular weight is 281 g/mol. The third kappa shape index (κ3) is 2.64. The van der Waals surface area contributed by atoms with Gasteiger partial charge in [0.2, 0.25) is 0 Å². The van der Waals surface area contributed by atoms with Gasteiger partial charge in [0.15, 0.2) is 5.78 Å². The second-order valence-electron chi connectivity index (χ2n) is 5.55. The van der Waals surface area contributed by atoms with Crippen molar-refractivity contribution in [2.75, 3.05) is 12.4 Å². The number of hydrogen-bond acceptors (Lipinski definition) is 3. The zero-order valence-corrected chi connectivity index (χ0v) is 12.1. The lowest BCUT2D eigenvalue weighted by atomic mass is 9.79. The van der Waals surface area contributed by atoms with Crippen LogP contribution in [0.15, 0.2) is 42.5 Å². The molecule has 0 bridgehead atoms. The molecule has 1 saturated carbocycles. The number of rotatable bonds is 4. The Bertz CT molecular complexity index is 657. The Kier molecular flexibility index (Phi) is 3.65. The Morgan fingerprint density at radius 2 is 1.76 bits per heavy atom. The highest BCUT2D eigenvalue weighted by molar-refractivity contribution is 6.01. The minimum Gasteiger partial charge on any atom is -0.507 e. The number of carbonyl (C=O) groups is 1. The molecule has 3 heteroatoms. The minimum atomic E-state index is 0.0795. The van der Waals surface area contributed by atoms with Gasteiger partial charge in [-0.25, -0.2) is 0 Å². The van der Waals surface area contributed by atoms with Crippen LogP contribution >= 0.6 is 0 Å². The van der Waals surface area contributed by atoms with Gasteiger partial charge in [-0.1, -0.05) is 24.6 Å². The summed E-state index contributed by atoms with van der Waals surface area (Å²) in [5, 5.41) is 13.2. The molecule has 0 radical (unpaired) electrons. The lowest BCUT2D eigenvalue weighted by Gasteiger charge is -2.24. The molecule has 0 saturated heterocycles. The zero-order valence-electron chi connectivity index (χ0n) is 12.1. The van der Waals surface area contributed by atoms with Crippen LogP contribution < -0.4 is 5.32 Å². The van der Waals surface area contributed by atoms with E-state index in [9.17, 15) is 9.90 Å². The predicted octanol–water partition coefficient (Wildman–Crippen LogP) is 4.08. The summed E-state index contributed by atoms with van der Waals surface area (Å²) >= 11 is 0. The SMILES string of the molecule is CNc1ccc(-c2ccc(C(=O)C3CCC3)c(O)c2)cc1. The maximum atomic E-state index is 12.2. The Hall–Kier alpha value is -2.29. The first-order valence-corrected chi connectivity index (χ1v) is 7.34. The van der Waals surface area contributed by atoms with Crippen molar-refractivity contribution in [3.05, 3.63) is 48.0 Å². The number of anilines is 1. The lowest BCUT2D eigenvalue weighted by Crippen LogP contribution is -2.21. The molecule has 108 valence electrons. The third-order valence-corrected chi connectivity index (χ3v) is 4.25. The van der Waals surface area contributed by atoms with Gasteiger partial charge in [-0.05, 0) is 48.2 Å². The molecule has 2 N–H and O–H groups in total. The fourth-order valence-corrected chi connectivity index (χ4v) is 2.64. The molecule has 2 aromatic carbocycles. The molecule has 1 fully saturated rings. The van der Waals surface area contributed by atoms with Gasteiger partial charge in [0.25, 0.3) is 0 Å². The second-order valence-corrected chi connectivity index (χ2v) is 5.55. The van der Waals surface area contributed by atoms with Crippen LogP contribution in [0.3, 0.4) is 0 Å². The van der Waals surface area contributed by atoms with Crippen LogP contribution in [0.1, 0.15) is 29.6 Å². The first kappa shape index (κ1) is 13.7. The second kappa shape index (κ2) is 5.60. The van der Waals surface area contributed by atoms with Crippen molar-refractivity contribution in [1.82, 2.24) is 0 Å². The molecular formula is C18H19NO2. The average Bonchev–Trinajstić information content (AvgIpc) is 2.45. The number of hydrogen-bond donors (Lipinski definition) is 2. The number of carbonyl (C=O) groups excluding carboxylic acids is 1. The Labute approximate surface area is 124 Å². The Morgan fingerprint density at radius 1 is 1.10 bits per heavy atom. The molecule has 3 nitrogen and oxygen atoms in total. The summed E-state index contributed by atoms with van der Waals surface area (Å²) in [6, 6.07) is 13.3. The van der Waals surface area contributed by atoms with Crippen molar-refractivity contribution in [1.29, 1.82) is 0 Å². The number of Topliss-reactive ketones (excluding diaryl/α,β-unsaturated/α-hetero) is 1. The molecule has 1 aliphatic rings. The van der Waals surface area contributed by atoms with E-state index in [1.807, 2.05) is 37.4 Å². The van der Waals surface area contributed by atoms with E-state index in [1.165, 1.54) is 0 Å². The van der Waals surface area contributed by atoms with Gasteiger partial charge in [-0.2, -0.15) is 0 Å². The number of benzene rings is 2.